The van der Waals surface area contributed by atoms with Gasteiger partial charge in [-0.15, -0.1) is 0 Å². The lowest BCUT2D eigenvalue weighted by molar-refractivity contribution is 1.31. The molecule has 3 nitrogen and oxygen atoms in total. The van der Waals surface area contributed by atoms with Gasteiger partial charge in [0.2, 0.25) is 0 Å². The third-order valence-corrected chi connectivity index (χ3v) is 4.56. The number of nitrogens with two attached hydrogens (primary N) is 1. The van der Waals surface area contributed by atoms with Gasteiger partial charge in [-0.1, -0.05) is 51.3 Å². The lowest BCUT2D eigenvalue weighted by Gasteiger charge is -2.11. The number of rotatable bonds is 2. The van der Waals surface area contributed by atoms with E-state index in [0.717, 1.165) is 10.0 Å². The fourth-order valence-corrected chi connectivity index (χ4v) is 3.18. The molecular formula is C18H10BrCl2N3. The number of aromatic nitrogens is 1. The summed E-state index contributed by atoms with van der Waals surface area (Å²) in [7, 11) is 0. The molecule has 0 aliphatic rings. The number of pyridine rings is 1. The summed E-state index contributed by atoms with van der Waals surface area (Å²) in [6, 6.07) is 16.7. The summed E-state index contributed by atoms with van der Waals surface area (Å²) in [5, 5.41) is 10.5. The summed E-state index contributed by atoms with van der Waals surface area (Å²) >= 11 is 15.8. The number of benzene rings is 2. The van der Waals surface area contributed by atoms with E-state index in [2.05, 4.69) is 27.0 Å². The monoisotopic (exact) mass is 417 g/mol. The molecule has 0 amide bonds. The van der Waals surface area contributed by atoms with Crippen molar-refractivity contribution >= 4 is 44.9 Å². The van der Waals surface area contributed by atoms with Gasteiger partial charge in [0.05, 0.1) is 10.7 Å². The van der Waals surface area contributed by atoms with Gasteiger partial charge in [-0.2, -0.15) is 5.26 Å². The largest absolute Gasteiger partial charge is 0.383 e. The van der Waals surface area contributed by atoms with Gasteiger partial charge < -0.3 is 5.73 Å². The summed E-state index contributed by atoms with van der Waals surface area (Å²) in [6.45, 7) is 0. The van der Waals surface area contributed by atoms with E-state index >= 15 is 0 Å². The summed E-state index contributed by atoms with van der Waals surface area (Å²) < 4.78 is 0.904. The van der Waals surface area contributed by atoms with Crippen molar-refractivity contribution in [2.45, 2.75) is 0 Å². The predicted molar refractivity (Wildman–Crippen MR) is 102 cm³/mol. The number of nitrogen functional groups attached to an aromatic ring is 1. The number of anilines is 1. The maximum Gasteiger partial charge on any atom is 0.142 e. The zero-order valence-electron chi connectivity index (χ0n) is 12.2. The van der Waals surface area contributed by atoms with E-state index in [9.17, 15) is 5.26 Å². The molecule has 0 aliphatic heterocycles. The molecule has 2 aromatic carbocycles. The van der Waals surface area contributed by atoms with Crippen LogP contribution in [0.5, 0.6) is 0 Å². The molecule has 0 radical (unpaired) electrons. The molecule has 3 aromatic rings. The van der Waals surface area contributed by atoms with Crippen LogP contribution in [0.4, 0.5) is 5.82 Å². The van der Waals surface area contributed by atoms with Gasteiger partial charge >= 0.3 is 0 Å². The van der Waals surface area contributed by atoms with Gasteiger partial charge in [-0.25, -0.2) is 4.98 Å². The van der Waals surface area contributed by atoms with Crippen molar-refractivity contribution in [1.29, 1.82) is 5.26 Å². The quantitative estimate of drug-likeness (QED) is 0.560. The smallest absolute Gasteiger partial charge is 0.142 e. The molecule has 2 N–H and O–H groups in total. The minimum Gasteiger partial charge on any atom is -0.383 e. The summed E-state index contributed by atoms with van der Waals surface area (Å²) in [5.74, 6) is 0.154. The third kappa shape index (κ3) is 3.25. The van der Waals surface area contributed by atoms with Crippen LogP contribution in [0.3, 0.4) is 0 Å². The van der Waals surface area contributed by atoms with E-state index < -0.39 is 0 Å². The van der Waals surface area contributed by atoms with Gasteiger partial charge in [0.25, 0.3) is 0 Å². The Kier molecular flexibility index (Phi) is 4.77. The molecule has 0 saturated heterocycles. The van der Waals surface area contributed by atoms with Crippen LogP contribution >= 0.6 is 39.1 Å². The predicted octanol–water partition coefficient (Wildman–Crippen LogP) is 5.94. The Morgan fingerprint density at radius 1 is 1.04 bits per heavy atom. The van der Waals surface area contributed by atoms with Crippen LogP contribution < -0.4 is 5.73 Å². The minimum absolute atomic E-state index is 0.154. The molecule has 24 heavy (non-hydrogen) atoms. The molecule has 0 saturated carbocycles. The molecule has 1 aromatic heterocycles. The number of hydrogen-bond acceptors (Lipinski definition) is 3. The van der Waals surface area contributed by atoms with Crippen molar-refractivity contribution in [3.8, 4) is 28.5 Å². The van der Waals surface area contributed by atoms with E-state index in [0.29, 0.717) is 32.4 Å². The number of nitriles is 1. The van der Waals surface area contributed by atoms with E-state index in [1.807, 2.05) is 24.3 Å². The summed E-state index contributed by atoms with van der Waals surface area (Å²) in [6.07, 6.45) is 0. The lowest BCUT2D eigenvalue weighted by Crippen LogP contribution is -2.00. The molecule has 0 bridgehead atoms. The maximum atomic E-state index is 9.46. The normalized spacial score (nSPS) is 10.4. The minimum atomic E-state index is 0.154. The Labute approximate surface area is 157 Å². The SMILES string of the molecule is N#Cc1c(-c2cccc(Br)c2)cc(-c2cc(Cl)ccc2Cl)nc1N. The third-order valence-electron chi connectivity index (χ3n) is 3.50. The average Bonchev–Trinajstić information content (AvgIpc) is 2.56. The number of halogens is 3. The summed E-state index contributed by atoms with van der Waals surface area (Å²) in [4.78, 5) is 4.33. The first kappa shape index (κ1) is 16.8. The highest BCUT2D eigenvalue weighted by atomic mass is 79.9. The molecule has 1 heterocycles. The van der Waals surface area contributed by atoms with Crippen molar-refractivity contribution in [1.82, 2.24) is 4.98 Å². The Balaban J connectivity index is 2.28. The first-order valence-corrected chi connectivity index (χ1v) is 8.46. The van der Waals surface area contributed by atoms with Crippen LogP contribution in [0.15, 0.2) is 53.0 Å². The molecule has 0 aliphatic carbocycles. The first-order valence-electron chi connectivity index (χ1n) is 6.91. The Morgan fingerprint density at radius 2 is 1.83 bits per heavy atom. The van der Waals surface area contributed by atoms with Crippen LogP contribution in [0.25, 0.3) is 22.4 Å². The van der Waals surface area contributed by atoms with E-state index in [1.165, 1.54) is 0 Å². The van der Waals surface area contributed by atoms with E-state index in [1.54, 1.807) is 24.3 Å². The van der Waals surface area contributed by atoms with E-state index in [4.69, 9.17) is 28.9 Å². The molecule has 3 rings (SSSR count). The highest BCUT2D eigenvalue weighted by Gasteiger charge is 2.15. The average molecular weight is 419 g/mol. The topological polar surface area (TPSA) is 62.7 Å². The van der Waals surface area contributed by atoms with Crippen LogP contribution in [-0.4, -0.2) is 4.98 Å². The number of hydrogen-bond donors (Lipinski definition) is 1. The standard InChI is InChI=1S/C18H10BrCl2N3/c19-11-3-1-2-10(6-11)13-8-17(24-18(23)15(13)9-22)14-7-12(20)4-5-16(14)21/h1-8H,(H2,23,24). The van der Waals surface area contributed by atoms with Crippen molar-refractivity contribution in [3.05, 3.63) is 68.6 Å². The van der Waals surface area contributed by atoms with Crippen molar-refractivity contribution in [3.63, 3.8) is 0 Å². The first-order chi connectivity index (χ1) is 11.5. The van der Waals surface area contributed by atoms with Gasteiger partial charge in [0, 0.05) is 20.6 Å². The Morgan fingerprint density at radius 3 is 2.54 bits per heavy atom. The van der Waals surface area contributed by atoms with Crippen LogP contribution in [-0.2, 0) is 0 Å². The number of nitrogens with zero attached hydrogens (tertiary/aromatic N) is 2. The van der Waals surface area contributed by atoms with Gasteiger partial charge in [-0.3, -0.25) is 0 Å². The molecule has 0 fully saturated rings. The van der Waals surface area contributed by atoms with Gasteiger partial charge in [-0.05, 0) is 42.0 Å². The van der Waals surface area contributed by atoms with E-state index in [-0.39, 0.29) is 5.82 Å². The molecule has 0 spiro atoms. The van der Waals surface area contributed by atoms with Crippen molar-refractivity contribution in [2.75, 3.05) is 5.73 Å². The Hall–Kier alpha value is -2.06. The highest BCUT2D eigenvalue weighted by Crippen LogP contribution is 2.35. The maximum absolute atomic E-state index is 9.46. The van der Waals surface area contributed by atoms with Gasteiger partial charge in [0.1, 0.15) is 17.5 Å². The van der Waals surface area contributed by atoms with Gasteiger partial charge in [0.15, 0.2) is 0 Å². The molecule has 0 unspecified atom stereocenters. The fraction of sp³-hybridized carbons (Fsp3) is 0. The zero-order chi connectivity index (χ0) is 17.3. The van der Waals surface area contributed by atoms with Crippen molar-refractivity contribution < 1.29 is 0 Å². The highest BCUT2D eigenvalue weighted by molar-refractivity contribution is 9.10. The summed E-state index contributed by atoms with van der Waals surface area (Å²) in [5.41, 5.74) is 9.12. The zero-order valence-corrected chi connectivity index (χ0v) is 15.3. The fourth-order valence-electron chi connectivity index (χ4n) is 2.40. The molecule has 6 heteroatoms. The Bertz CT molecular complexity index is 980. The second-order valence-electron chi connectivity index (χ2n) is 5.06. The second-order valence-corrected chi connectivity index (χ2v) is 6.82. The van der Waals surface area contributed by atoms with Crippen molar-refractivity contribution in [2.24, 2.45) is 0 Å². The van der Waals surface area contributed by atoms with Crippen LogP contribution in [0.1, 0.15) is 5.56 Å². The molecule has 0 atom stereocenters. The van der Waals surface area contributed by atoms with Crippen LogP contribution in [0.2, 0.25) is 10.0 Å². The van der Waals surface area contributed by atoms with Crippen LogP contribution in [0, 0.1) is 11.3 Å². The lowest BCUT2D eigenvalue weighted by atomic mass is 9.98. The molecule has 118 valence electrons. The second kappa shape index (κ2) is 6.82. The molecular weight excluding hydrogens is 409 g/mol.